The first-order valence-electron chi connectivity index (χ1n) is 6.91. The molecule has 1 amide bonds. The van der Waals surface area contributed by atoms with E-state index in [0.717, 1.165) is 29.7 Å². The van der Waals surface area contributed by atoms with Crippen molar-refractivity contribution in [1.29, 1.82) is 0 Å². The first-order chi connectivity index (χ1) is 9.33. The minimum Gasteiger partial charge on any atom is -0.359 e. The first-order valence-corrected chi connectivity index (χ1v) is 6.91. The maximum Gasteiger partial charge on any atom is 0.238 e. The van der Waals surface area contributed by atoms with Crippen molar-refractivity contribution in [2.24, 2.45) is 0 Å². The van der Waals surface area contributed by atoms with E-state index < -0.39 is 0 Å². The molecule has 0 unspecified atom stereocenters. The number of para-hydroxylation sites is 1. The monoisotopic (exact) mass is 257 g/mol. The number of carbonyl (C=O) groups excluding carboxylic acids is 1. The van der Waals surface area contributed by atoms with E-state index in [2.05, 4.69) is 15.2 Å². The second kappa shape index (κ2) is 5.45. The third kappa shape index (κ3) is 2.79. The van der Waals surface area contributed by atoms with Crippen molar-refractivity contribution < 1.29 is 4.79 Å². The van der Waals surface area contributed by atoms with Crippen molar-refractivity contribution in [2.75, 3.05) is 25.0 Å². The van der Waals surface area contributed by atoms with E-state index in [1.165, 1.54) is 19.3 Å². The normalized spacial score (nSPS) is 16.6. The average Bonchev–Trinajstić information content (AvgIpc) is 2.83. The summed E-state index contributed by atoms with van der Waals surface area (Å²) in [5.74, 6) is 0.0756. The topological polar surface area (TPSA) is 48.1 Å². The number of rotatable bonds is 3. The summed E-state index contributed by atoms with van der Waals surface area (Å²) in [6.45, 7) is 2.59. The summed E-state index contributed by atoms with van der Waals surface area (Å²) < 4.78 is 0. The Bertz CT molecular complexity index is 570. The van der Waals surface area contributed by atoms with Gasteiger partial charge in [-0.05, 0) is 32.0 Å². The van der Waals surface area contributed by atoms with E-state index in [4.69, 9.17) is 0 Å². The maximum atomic E-state index is 12.1. The van der Waals surface area contributed by atoms with E-state index in [-0.39, 0.29) is 5.91 Å². The van der Waals surface area contributed by atoms with Crippen LogP contribution in [0.1, 0.15) is 19.3 Å². The average molecular weight is 257 g/mol. The number of hydrogen-bond acceptors (Lipinski definition) is 2. The lowest BCUT2D eigenvalue weighted by Crippen LogP contribution is -2.36. The Balaban J connectivity index is 1.65. The molecular formula is C15H19N3O. The predicted octanol–water partition coefficient (Wildman–Crippen LogP) is 2.59. The summed E-state index contributed by atoms with van der Waals surface area (Å²) in [7, 11) is 0. The summed E-state index contributed by atoms with van der Waals surface area (Å²) >= 11 is 0. The van der Waals surface area contributed by atoms with Gasteiger partial charge in [0.15, 0.2) is 0 Å². The van der Waals surface area contributed by atoms with Gasteiger partial charge < -0.3 is 10.3 Å². The molecule has 0 atom stereocenters. The van der Waals surface area contributed by atoms with Crippen molar-refractivity contribution in [3.8, 4) is 0 Å². The second-order valence-electron chi connectivity index (χ2n) is 5.13. The van der Waals surface area contributed by atoms with Crippen LogP contribution in [0.3, 0.4) is 0 Å². The van der Waals surface area contributed by atoms with Crippen LogP contribution in [0, 0.1) is 0 Å². The largest absolute Gasteiger partial charge is 0.359 e. The van der Waals surface area contributed by atoms with Crippen molar-refractivity contribution in [1.82, 2.24) is 9.88 Å². The lowest BCUT2D eigenvalue weighted by molar-refractivity contribution is -0.117. The van der Waals surface area contributed by atoms with E-state index >= 15 is 0 Å². The lowest BCUT2D eigenvalue weighted by Gasteiger charge is -2.25. The first kappa shape index (κ1) is 12.2. The smallest absolute Gasteiger partial charge is 0.238 e. The molecule has 0 bridgehead atoms. The number of fused-ring (bicyclic) bond motifs is 1. The molecule has 100 valence electrons. The van der Waals surface area contributed by atoms with Crippen LogP contribution in [0.15, 0.2) is 30.5 Å². The summed E-state index contributed by atoms with van der Waals surface area (Å²) in [4.78, 5) is 17.5. The van der Waals surface area contributed by atoms with E-state index in [0.29, 0.717) is 6.54 Å². The molecule has 0 saturated carbocycles. The molecule has 2 N–H and O–H groups in total. The van der Waals surface area contributed by atoms with Crippen LogP contribution >= 0.6 is 0 Å². The van der Waals surface area contributed by atoms with Crippen molar-refractivity contribution in [3.63, 3.8) is 0 Å². The molecule has 1 saturated heterocycles. The highest BCUT2D eigenvalue weighted by molar-refractivity contribution is 6.02. The lowest BCUT2D eigenvalue weighted by atomic mass is 10.1. The Labute approximate surface area is 112 Å². The number of H-pyrrole nitrogens is 1. The molecule has 3 rings (SSSR count). The van der Waals surface area contributed by atoms with Crippen LogP contribution in [0.4, 0.5) is 5.69 Å². The van der Waals surface area contributed by atoms with Crippen molar-refractivity contribution in [3.05, 3.63) is 30.5 Å². The number of nitrogens with zero attached hydrogens (tertiary/aromatic N) is 1. The number of benzene rings is 1. The fourth-order valence-electron chi connectivity index (χ4n) is 2.69. The summed E-state index contributed by atoms with van der Waals surface area (Å²) in [6.07, 6.45) is 5.57. The number of aromatic nitrogens is 1. The van der Waals surface area contributed by atoms with Gasteiger partial charge in [0.25, 0.3) is 0 Å². The van der Waals surface area contributed by atoms with Crippen LogP contribution in [-0.2, 0) is 4.79 Å². The minimum atomic E-state index is 0.0756. The Kier molecular flexibility index (Phi) is 3.51. The third-order valence-corrected chi connectivity index (χ3v) is 3.68. The van der Waals surface area contributed by atoms with Crippen molar-refractivity contribution >= 4 is 22.5 Å². The molecule has 1 aliphatic heterocycles. The Morgan fingerprint density at radius 1 is 1.21 bits per heavy atom. The molecule has 2 aromatic rings. The van der Waals surface area contributed by atoms with Crippen molar-refractivity contribution in [2.45, 2.75) is 19.3 Å². The zero-order valence-electron chi connectivity index (χ0n) is 11.0. The van der Waals surface area contributed by atoms with E-state index in [9.17, 15) is 4.79 Å². The molecule has 1 aromatic heterocycles. The highest BCUT2D eigenvalue weighted by Gasteiger charge is 2.14. The number of piperidine rings is 1. The molecule has 1 aromatic carbocycles. The van der Waals surface area contributed by atoms with Crippen LogP contribution in [-0.4, -0.2) is 35.4 Å². The SMILES string of the molecule is O=C(CN1CCCCC1)Nc1c[nH]c2ccccc12. The molecule has 19 heavy (non-hydrogen) atoms. The van der Waals surface area contributed by atoms with Crippen LogP contribution < -0.4 is 5.32 Å². The number of nitrogens with one attached hydrogen (secondary N) is 2. The molecule has 1 aliphatic rings. The van der Waals surface area contributed by atoms with Crippen LogP contribution in [0.5, 0.6) is 0 Å². The van der Waals surface area contributed by atoms with Gasteiger partial charge in [-0.25, -0.2) is 0 Å². The Morgan fingerprint density at radius 3 is 2.84 bits per heavy atom. The van der Waals surface area contributed by atoms with Gasteiger partial charge in [-0.3, -0.25) is 9.69 Å². The zero-order valence-corrected chi connectivity index (χ0v) is 11.0. The quantitative estimate of drug-likeness (QED) is 0.888. The maximum absolute atomic E-state index is 12.1. The van der Waals surface area contributed by atoms with E-state index in [1.807, 2.05) is 30.5 Å². The van der Waals surface area contributed by atoms with Gasteiger partial charge in [-0.2, -0.15) is 0 Å². The van der Waals surface area contributed by atoms with Gasteiger partial charge in [0.05, 0.1) is 12.2 Å². The molecular weight excluding hydrogens is 238 g/mol. The summed E-state index contributed by atoms with van der Waals surface area (Å²) in [5.41, 5.74) is 1.92. The fraction of sp³-hybridized carbons (Fsp3) is 0.400. The molecule has 0 aliphatic carbocycles. The predicted molar refractivity (Wildman–Crippen MR) is 77.2 cm³/mol. The zero-order chi connectivity index (χ0) is 13.1. The standard InChI is InChI=1S/C15H19N3O/c19-15(11-18-8-4-1-5-9-18)17-14-10-16-13-7-3-2-6-12(13)14/h2-3,6-7,10,16H,1,4-5,8-9,11H2,(H,17,19). The highest BCUT2D eigenvalue weighted by atomic mass is 16.2. The number of amides is 1. The highest BCUT2D eigenvalue weighted by Crippen LogP contribution is 2.22. The third-order valence-electron chi connectivity index (χ3n) is 3.68. The molecule has 0 spiro atoms. The van der Waals surface area contributed by atoms with Crippen LogP contribution in [0.25, 0.3) is 10.9 Å². The molecule has 4 heteroatoms. The van der Waals surface area contributed by atoms with E-state index in [1.54, 1.807) is 0 Å². The number of hydrogen-bond donors (Lipinski definition) is 2. The Morgan fingerprint density at radius 2 is 2.00 bits per heavy atom. The van der Waals surface area contributed by atoms with Gasteiger partial charge in [0, 0.05) is 17.1 Å². The summed E-state index contributed by atoms with van der Waals surface area (Å²) in [5, 5.41) is 4.06. The number of carbonyl (C=O) groups is 1. The minimum absolute atomic E-state index is 0.0756. The molecule has 2 heterocycles. The molecule has 0 radical (unpaired) electrons. The fourth-order valence-corrected chi connectivity index (χ4v) is 2.69. The van der Waals surface area contributed by atoms with Gasteiger partial charge in [0.1, 0.15) is 0 Å². The number of aromatic amines is 1. The summed E-state index contributed by atoms with van der Waals surface area (Å²) in [6, 6.07) is 7.99. The second-order valence-corrected chi connectivity index (χ2v) is 5.13. The Hall–Kier alpha value is -1.81. The van der Waals surface area contributed by atoms with Gasteiger partial charge in [-0.1, -0.05) is 24.6 Å². The number of anilines is 1. The van der Waals surface area contributed by atoms with Gasteiger partial charge >= 0.3 is 0 Å². The van der Waals surface area contributed by atoms with Gasteiger partial charge in [-0.15, -0.1) is 0 Å². The molecule has 4 nitrogen and oxygen atoms in total. The molecule has 1 fully saturated rings. The number of likely N-dealkylation sites (tertiary alicyclic amines) is 1. The van der Waals surface area contributed by atoms with Crippen LogP contribution in [0.2, 0.25) is 0 Å². The van der Waals surface area contributed by atoms with Gasteiger partial charge in [0.2, 0.25) is 5.91 Å².